The first-order chi connectivity index (χ1) is 8.63. The van der Waals surface area contributed by atoms with Gasteiger partial charge in [-0.2, -0.15) is 0 Å². The Kier molecular flexibility index (Phi) is 4.02. The van der Waals surface area contributed by atoms with Crippen molar-refractivity contribution in [2.45, 2.75) is 32.6 Å². The average molecular weight is 246 g/mol. The molecule has 3 heteroatoms. The molecule has 1 aliphatic carbocycles. The SMILES string of the molecule is CC(C)c1ccc(N(CCN)C(=O)C2CC2)cc1. The standard InChI is InChI=1S/C15H22N2O/c1-11(2)12-5-7-14(8-6-12)17(10-9-16)15(18)13-3-4-13/h5-8,11,13H,3-4,9-10,16H2,1-2H3. The van der Waals surface area contributed by atoms with Crippen molar-refractivity contribution in [3.05, 3.63) is 29.8 Å². The van der Waals surface area contributed by atoms with Gasteiger partial charge in [-0.25, -0.2) is 0 Å². The second kappa shape index (κ2) is 5.53. The molecule has 2 N–H and O–H groups in total. The van der Waals surface area contributed by atoms with Crippen LogP contribution in [0.3, 0.4) is 0 Å². The van der Waals surface area contributed by atoms with Crippen LogP contribution in [0.15, 0.2) is 24.3 Å². The van der Waals surface area contributed by atoms with Crippen LogP contribution in [0.4, 0.5) is 5.69 Å². The molecule has 2 rings (SSSR count). The zero-order chi connectivity index (χ0) is 13.1. The Morgan fingerprint density at radius 1 is 1.33 bits per heavy atom. The lowest BCUT2D eigenvalue weighted by Gasteiger charge is -2.22. The van der Waals surface area contributed by atoms with Crippen LogP contribution in [-0.4, -0.2) is 19.0 Å². The van der Waals surface area contributed by atoms with Gasteiger partial charge in [0.25, 0.3) is 0 Å². The van der Waals surface area contributed by atoms with E-state index in [-0.39, 0.29) is 11.8 Å². The van der Waals surface area contributed by atoms with E-state index in [9.17, 15) is 4.79 Å². The number of benzene rings is 1. The van der Waals surface area contributed by atoms with Crippen molar-refractivity contribution in [1.82, 2.24) is 0 Å². The predicted molar refractivity (Wildman–Crippen MR) is 74.7 cm³/mol. The van der Waals surface area contributed by atoms with Gasteiger partial charge in [-0.1, -0.05) is 26.0 Å². The molecule has 0 aromatic heterocycles. The lowest BCUT2D eigenvalue weighted by atomic mass is 10.0. The summed E-state index contributed by atoms with van der Waals surface area (Å²) in [5.74, 6) is 0.986. The van der Waals surface area contributed by atoms with E-state index in [0.717, 1.165) is 18.5 Å². The van der Waals surface area contributed by atoms with Gasteiger partial charge in [-0.05, 0) is 36.5 Å². The van der Waals surface area contributed by atoms with E-state index in [1.54, 1.807) is 0 Å². The lowest BCUT2D eigenvalue weighted by Crippen LogP contribution is -2.36. The van der Waals surface area contributed by atoms with Gasteiger partial charge in [0.05, 0.1) is 0 Å². The Balaban J connectivity index is 2.16. The van der Waals surface area contributed by atoms with Gasteiger partial charge in [-0.3, -0.25) is 4.79 Å². The maximum absolute atomic E-state index is 12.2. The van der Waals surface area contributed by atoms with Gasteiger partial charge in [0.2, 0.25) is 5.91 Å². The van der Waals surface area contributed by atoms with Gasteiger partial charge in [-0.15, -0.1) is 0 Å². The van der Waals surface area contributed by atoms with Crippen molar-refractivity contribution in [3.8, 4) is 0 Å². The average Bonchev–Trinajstić information content (AvgIpc) is 3.19. The van der Waals surface area contributed by atoms with Crippen LogP contribution in [0.1, 0.15) is 38.2 Å². The number of anilines is 1. The van der Waals surface area contributed by atoms with Crippen molar-refractivity contribution in [1.29, 1.82) is 0 Å². The number of nitrogens with zero attached hydrogens (tertiary/aromatic N) is 1. The van der Waals surface area contributed by atoms with Crippen LogP contribution < -0.4 is 10.6 Å². The fourth-order valence-electron chi connectivity index (χ4n) is 2.09. The zero-order valence-corrected chi connectivity index (χ0v) is 11.2. The third kappa shape index (κ3) is 2.91. The lowest BCUT2D eigenvalue weighted by molar-refractivity contribution is -0.119. The summed E-state index contributed by atoms with van der Waals surface area (Å²) in [6, 6.07) is 8.27. The highest BCUT2D eigenvalue weighted by atomic mass is 16.2. The Bertz CT molecular complexity index is 407. The Morgan fingerprint density at radius 3 is 2.39 bits per heavy atom. The number of carbonyl (C=O) groups is 1. The van der Waals surface area contributed by atoms with Gasteiger partial charge < -0.3 is 10.6 Å². The molecule has 0 aliphatic heterocycles. The highest BCUT2D eigenvalue weighted by Crippen LogP contribution is 2.33. The molecule has 98 valence electrons. The third-order valence-corrected chi connectivity index (χ3v) is 3.42. The van der Waals surface area contributed by atoms with Gasteiger partial charge in [0, 0.05) is 24.7 Å². The van der Waals surface area contributed by atoms with Crippen molar-refractivity contribution in [3.63, 3.8) is 0 Å². The van der Waals surface area contributed by atoms with Crippen molar-refractivity contribution in [2.75, 3.05) is 18.0 Å². The molecule has 0 atom stereocenters. The molecule has 1 fully saturated rings. The number of nitrogens with two attached hydrogens (primary N) is 1. The van der Waals surface area contributed by atoms with Crippen molar-refractivity contribution in [2.24, 2.45) is 11.7 Å². The first kappa shape index (κ1) is 13.1. The molecule has 0 radical (unpaired) electrons. The summed E-state index contributed by atoms with van der Waals surface area (Å²) in [5.41, 5.74) is 7.88. The number of rotatable bonds is 5. The Labute approximate surface area is 109 Å². The molecule has 1 amide bonds. The highest BCUT2D eigenvalue weighted by molar-refractivity contribution is 5.96. The van der Waals surface area contributed by atoms with Crippen molar-refractivity contribution < 1.29 is 4.79 Å². The predicted octanol–water partition coefficient (Wildman–Crippen LogP) is 2.51. The Hall–Kier alpha value is -1.35. The van der Waals surface area contributed by atoms with E-state index in [2.05, 4.69) is 26.0 Å². The fourth-order valence-corrected chi connectivity index (χ4v) is 2.09. The topological polar surface area (TPSA) is 46.3 Å². The summed E-state index contributed by atoms with van der Waals surface area (Å²) in [7, 11) is 0. The largest absolute Gasteiger partial charge is 0.329 e. The summed E-state index contributed by atoms with van der Waals surface area (Å²) in [6.45, 7) is 5.45. The number of carbonyl (C=O) groups excluding carboxylic acids is 1. The molecule has 3 nitrogen and oxygen atoms in total. The second-order valence-electron chi connectivity index (χ2n) is 5.30. The molecule has 0 spiro atoms. The molecule has 1 aromatic carbocycles. The molecular weight excluding hydrogens is 224 g/mol. The minimum atomic E-state index is 0.234. The van der Waals surface area contributed by atoms with E-state index < -0.39 is 0 Å². The summed E-state index contributed by atoms with van der Waals surface area (Å²) in [4.78, 5) is 14.0. The number of hydrogen-bond acceptors (Lipinski definition) is 2. The van der Waals surface area contributed by atoms with Gasteiger partial charge in [0.1, 0.15) is 0 Å². The van der Waals surface area contributed by atoms with Crippen molar-refractivity contribution >= 4 is 11.6 Å². The van der Waals surface area contributed by atoms with Crippen LogP contribution in [0, 0.1) is 5.92 Å². The zero-order valence-electron chi connectivity index (χ0n) is 11.2. The molecule has 1 aromatic rings. The number of hydrogen-bond donors (Lipinski definition) is 1. The quantitative estimate of drug-likeness (QED) is 0.867. The van der Waals surface area contributed by atoms with E-state index in [0.29, 0.717) is 19.0 Å². The molecule has 1 aliphatic rings. The third-order valence-electron chi connectivity index (χ3n) is 3.42. The van der Waals surface area contributed by atoms with Crippen LogP contribution >= 0.6 is 0 Å². The van der Waals surface area contributed by atoms with Crippen LogP contribution in [0.5, 0.6) is 0 Å². The first-order valence-electron chi connectivity index (χ1n) is 6.75. The van der Waals surface area contributed by atoms with E-state index >= 15 is 0 Å². The summed E-state index contributed by atoms with van der Waals surface area (Å²) in [5, 5.41) is 0. The fraction of sp³-hybridized carbons (Fsp3) is 0.533. The highest BCUT2D eigenvalue weighted by Gasteiger charge is 2.33. The Morgan fingerprint density at radius 2 is 1.94 bits per heavy atom. The second-order valence-corrected chi connectivity index (χ2v) is 5.30. The molecule has 0 bridgehead atoms. The van der Waals surface area contributed by atoms with E-state index in [1.165, 1.54) is 5.56 Å². The molecule has 0 saturated heterocycles. The first-order valence-corrected chi connectivity index (χ1v) is 6.75. The van der Waals surface area contributed by atoms with Crippen LogP contribution in [0.2, 0.25) is 0 Å². The molecular formula is C15H22N2O. The molecule has 0 unspecified atom stereocenters. The minimum Gasteiger partial charge on any atom is -0.329 e. The maximum atomic E-state index is 12.2. The summed E-state index contributed by atoms with van der Waals surface area (Å²) >= 11 is 0. The van der Waals surface area contributed by atoms with Gasteiger partial charge >= 0.3 is 0 Å². The molecule has 18 heavy (non-hydrogen) atoms. The van der Waals surface area contributed by atoms with E-state index in [1.807, 2.05) is 17.0 Å². The summed E-state index contributed by atoms with van der Waals surface area (Å²) < 4.78 is 0. The van der Waals surface area contributed by atoms with Gasteiger partial charge in [0.15, 0.2) is 0 Å². The molecule has 1 saturated carbocycles. The normalized spacial score (nSPS) is 14.9. The van der Waals surface area contributed by atoms with E-state index in [4.69, 9.17) is 5.73 Å². The maximum Gasteiger partial charge on any atom is 0.230 e. The summed E-state index contributed by atoms with van der Waals surface area (Å²) in [6.07, 6.45) is 2.06. The monoisotopic (exact) mass is 246 g/mol. The number of amides is 1. The van der Waals surface area contributed by atoms with Crippen LogP contribution in [-0.2, 0) is 4.79 Å². The minimum absolute atomic E-state index is 0.234. The van der Waals surface area contributed by atoms with Crippen LogP contribution in [0.25, 0.3) is 0 Å². The smallest absolute Gasteiger partial charge is 0.230 e. The molecule has 0 heterocycles.